The summed E-state index contributed by atoms with van der Waals surface area (Å²) in [6.07, 6.45) is 2.28. The van der Waals surface area contributed by atoms with Crippen LogP contribution in [0.2, 0.25) is 0 Å². The molecule has 0 atom stereocenters. The van der Waals surface area contributed by atoms with Crippen molar-refractivity contribution in [1.82, 2.24) is 4.68 Å². The molecule has 1 rings (SSSR count). The lowest BCUT2D eigenvalue weighted by molar-refractivity contribution is 0.581. The summed E-state index contributed by atoms with van der Waals surface area (Å²) in [5, 5.41) is 0. The maximum atomic E-state index is 3.80. The molecule has 0 unspecified atom stereocenters. The van der Waals surface area contributed by atoms with Crippen molar-refractivity contribution in [3.8, 4) is 0 Å². The molecule has 182 valence electrons. The molecule has 6 heteroatoms. The fraction of sp³-hybridized carbons (Fsp3) is 0.840. The Morgan fingerprint density at radius 2 is 1.16 bits per heavy atom. The summed E-state index contributed by atoms with van der Waals surface area (Å²) in [6.45, 7) is 26.9. The van der Waals surface area contributed by atoms with Gasteiger partial charge in [0.25, 0.3) is 0 Å². The van der Waals surface area contributed by atoms with Gasteiger partial charge in [-0.2, -0.15) is 0 Å². The quantitative estimate of drug-likeness (QED) is 0.410. The molecule has 1 aromatic rings. The van der Waals surface area contributed by atoms with Crippen molar-refractivity contribution in [3.05, 3.63) is 0 Å². The van der Waals surface area contributed by atoms with E-state index in [0.717, 1.165) is 39.0 Å². The van der Waals surface area contributed by atoms with E-state index in [2.05, 4.69) is 113 Å². The molecule has 0 aromatic carbocycles. The number of anilines is 4. The third-order valence-electron chi connectivity index (χ3n) is 5.62. The second-order valence-corrected chi connectivity index (χ2v) is 9.61. The van der Waals surface area contributed by atoms with Gasteiger partial charge in [-0.15, -0.1) is 0 Å². The summed E-state index contributed by atoms with van der Waals surface area (Å²) in [5.74, 6) is 2.54. The maximum absolute atomic E-state index is 3.80. The van der Waals surface area contributed by atoms with Gasteiger partial charge in [-0.3, -0.25) is 0 Å². The van der Waals surface area contributed by atoms with Crippen LogP contribution in [0.4, 0.5) is 23.0 Å². The molecule has 1 heterocycles. The lowest BCUT2D eigenvalue weighted by Gasteiger charge is -2.37. The van der Waals surface area contributed by atoms with Crippen LogP contribution in [0.25, 0.3) is 0 Å². The first-order valence-electron chi connectivity index (χ1n) is 12.6. The third kappa shape index (κ3) is 6.17. The molecule has 0 saturated heterocycles. The van der Waals surface area contributed by atoms with Crippen LogP contribution in [-0.2, 0) is 0 Å². The van der Waals surface area contributed by atoms with Crippen LogP contribution in [0.3, 0.4) is 0 Å². The Hall–Kier alpha value is -1.72. The Balaban J connectivity index is 4.18. The van der Waals surface area contributed by atoms with Gasteiger partial charge >= 0.3 is 0 Å². The van der Waals surface area contributed by atoms with Gasteiger partial charge in [-0.25, -0.2) is 4.68 Å². The number of nitrogens with one attached hydrogen (secondary N) is 1. The lowest BCUT2D eigenvalue weighted by atomic mass is 10.2. The van der Waals surface area contributed by atoms with E-state index in [1.807, 2.05) is 0 Å². The minimum Gasteiger partial charge on any atom is -0.367 e. The van der Waals surface area contributed by atoms with Crippen LogP contribution in [0.5, 0.6) is 0 Å². The van der Waals surface area contributed by atoms with E-state index in [4.69, 9.17) is 0 Å². The molecule has 0 saturated carbocycles. The van der Waals surface area contributed by atoms with Gasteiger partial charge < -0.3 is 25.0 Å². The van der Waals surface area contributed by atoms with E-state index >= 15 is 0 Å². The van der Waals surface area contributed by atoms with E-state index < -0.39 is 0 Å². The van der Waals surface area contributed by atoms with Gasteiger partial charge in [0.15, 0.2) is 11.6 Å². The van der Waals surface area contributed by atoms with Gasteiger partial charge in [0.2, 0.25) is 0 Å². The summed E-state index contributed by atoms with van der Waals surface area (Å²) in [7, 11) is 4.35. The molecular weight excluding hydrogens is 384 g/mol. The summed E-state index contributed by atoms with van der Waals surface area (Å²) < 4.78 is 2.38. The fourth-order valence-electron chi connectivity index (χ4n) is 4.64. The molecule has 0 spiro atoms. The molecule has 0 aliphatic carbocycles. The van der Waals surface area contributed by atoms with Crippen molar-refractivity contribution >= 4 is 23.0 Å². The van der Waals surface area contributed by atoms with Crippen LogP contribution in [0.15, 0.2) is 0 Å². The molecule has 1 N–H and O–H groups in total. The van der Waals surface area contributed by atoms with E-state index in [1.54, 1.807) is 0 Å². The van der Waals surface area contributed by atoms with Crippen LogP contribution in [0, 0.1) is 0 Å². The topological polar surface area (TPSA) is 29.9 Å². The zero-order valence-electron chi connectivity index (χ0n) is 22.7. The van der Waals surface area contributed by atoms with E-state index in [9.17, 15) is 0 Å². The Morgan fingerprint density at radius 3 is 1.48 bits per heavy atom. The largest absolute Gasteiger partial charge is 0.367 e. The summed E-state index contributed by atoms with van der Waals surface area (Å²) in [6, 6.07) is 1.12. The van der Waals surface area contributed by atoms with Gasteiger partial charge in [-0.05, 0) is 68.2 Å². The highest BCUT2D eigenvalue weighted by Crippen LogP contribution is 2.49. The van der Waals surface area contributed by atoms with Crippen molar-refractivity contribution in [2.24, 2.45) is 0 Å². The average Bonchev–Trinajstić information content (AvgIpc) is 2.96. The molecule has 1 aromatic heterocycles. The zero-order valence-corrected chi connectivity index (χ0v) is 22.7. The summed E-state index contributed by atoms with van der Waals surface area (Å²) in [5.41, 5.74) is 6.53. The highest BCUT2D eigenvalue weighted by molar-refractivity contribution is 5.94. The van der Waals surface area contributed by atoms with Gasteiger partial charge in [-0.1, -0.05) is 13.8 Å². The average molecular weight is 437 g/mol. The number of hydrogen-bond donors (Lipinski definition) is 1. The summed E-state index contributed by atoms with van der Waals surface area (Å²) >= 11 is 0. The monoisotopic (exact) mass is 436 g/mol. The molecule has 31 heavy (non-hydrogen) atoms. The molecule has 0 aliphatic heterocycles. The Morgan fingerprint density at radius 1 is 0.710 bits per heavy atom. The molecule has 0 bridgehead atoms. The van der Waals surface area contributed by atoms with Crippen LogP contribution in [-0.4, -0.2) is 63.1 Å². The predicted octanol–water partition coefficient (Wildman–Crippen LogP) is 5.60. The van der Waals surface area contributed by atoms with E-state index in [0.29, 0.717) is 18.1 Å². The molecular formula is C25H52N6. The van der Waals surface area contributed by atoms with E-state index in [-0.39, 0.29) is 0 Å². The highest BCUT2D eigenvalue weighted by atomic mass is 15.5. The van der Waals surface area contributed by atoms with Crippen molar-refractivity contribution in [2.75, 3.05) is 65.3 Å². The van der Waals surface area contributed by atoms with Crippen molar-refractivity contribution in [1.29, 1.82) is 0 Å². The second kappa shape index (κ2) is 12.4. The van der Waals surface area contributed by atoms with Crippen LogP contribution >= 0.6 is 0 Å². The minimum atomic E-state index is 0.328. The number of hydrogen-bond acceptors (Lipinski definition) is 5. The molecule has 0 fully saturated rings. The Kier molecular flexibility index (Phi) is 10.9. The molecule has 0 radical (unpaired) electrons. The number of nitrogens with zero attached hydrogens (tertiary/aromatic N) is 5. The van der Waals surface area contributed by atoms with E-state index in [1.165, 1.54) is 23.0 Å². The Labute approximate surface area is 193 Å². The minimum absolute atomic E-state index is 0.328. The first-order chi connectivity index (χ1) is 14.6. The standard InChI is InChI=1S/C25H52N6/c1-13-17-29(18-14-2)23-22(28(15-3)16-4)24(27(11)12)31(26-19(5)6)25(23)30(20(7)8)21(9)10/h19-21,26H,13-18H2,1-12H3. The molecule has 6 nitrogen and oxygen atoms in total. The SMILES string of the molecule is CCCN(CCC)c1c(N(CC)CC)c(N(C)C)n(NC(C)C)c1N(C(C)C)C(C)C. The Bertz CT molecular complexity index is 629. The van der Waals surface area contributed by atoms with Crippen molar-refractivity contribution in [3.63, 3.8) is 0 Å². The first-order valence-corrected chi connectivity index (χ1v) is 12.6. The fourth-order valence-corrected chi connectivity index (χ4v) is 4.64. The number of aromatic nitrogens is 1. The molecule has 0 aliphatic rings. The van der Waals surface area contributed by atoms with Gasteiger partial charge in [0.05, 0.1) is 0 Å². The predicted molar refractivity (Wildman–Crippen MR) is 142 cm³/mol. The first kappa shape index (κ1) is 27.3. The molecule has 0 amide bonds. The van der Waals surface area contributed by atoms with Crippen LogP contribution in [0.1, 0.15) is 82.1 Å². The maximum Gasteiger partial charge on any atom is 0.156 e. The van der Waals surface area contributed by atoms with Crippen molar-refractivity contribution in [2.45, 2.75) is 100 Å². The van der Waals surface area contributed by atoms with Gasteiger partial charge in [0.1, 0.15) is 11.4 Å². The van der Waals surface area contributed by atoms with Crippen LogP contribution < -0.4 is 25.0 Å². The number of rotatable bonds is 14. The normalized spacial score (nSPS) is 11.6. The van der Waals surface area contributed by atoms with Crippen molar-refractivity contribution < 1.29 is 0 Å². The summed E-state index contributed by atoms with van der Waals surface area (Å²) in [4.78, 5) is 10.0. The lowest BCUT2D eigenvalue weighted by Crippen LogP contribution is -2.42. The zero-order chi connectivity index (χ0) is 23.9. The van der Waals surface area contributed by atoms with Gasteiger partial charge in [0, 0.05) is 58.4 Å². The smallest absolute Gasteiger partial charge is 0.156 e. The third-order valence-corrected chi connectivity index (χ3v) is 5.62. The second-order valence-electron chi connectivity index (χ2n) is 9.61. The highest BCUT2D eigenvalue weighted by Gasteiger charge is 2.34.